The number of carbonyl (C=O) groups excluding carboxylic acids is 1. The van der Waals surface area contributed by atoms with Gasteiger partial charge in [0.15, 0.2) is 0 Å². The highest BCUT2D eigenvalue weighted by atomic mass is 16.1. The molecule has 1 aliphatic carbocycles. The van der Waals surface area contributed by atoms with Crippen molar-refractivity contribution in [1.82, 2.24) is 15.3 Å². The highest BCUT2D eigenvalue weighted by molar-refractivity contribution is 5.79. The lowest BCUT2D eigenvalue weighted by atomic mass is 9.95. The number of fused-ring (bicyclic) bond motifs is 1. The molecule has 1 N–H and O–H groups in total. The Morgan fingerprint density at radius 2 is 2.14 bits per heavy atom. The normalized spacial score (nSPS) is 17.9. The van der Waals surface area contributed by atoms with Gasteiger partial charge in [-0.25, -0.2) is 9.97 Å². The number of terminal acetylenes is 1. The molecule has 0 atom stereocenters. The van der Waals surface area contributed by atoms with Crippen LogP contribution in [0.2, 0.25) is 0 Å². The molecular weight excluding hydrogens is 276 g/mol. The molecule has 5 nitrogen and oxygen atoms in total. The summed E-state index contributed by atoms with van der Waals surface area (Å²) >= 11 is 0. The number of piperidine rings is 1. The molecule has 1 aliphatic heterocycles. The summed E-state index contributed by atoms with van der Waals surface area (Å²) in [7, 11) is 0. The second kappa shape index (κ2) is 6.35. The number of rotatable bonds is 3. The molecule has 0 aromatic carbocycles. The van der Waals surface area contributed by atoms with Crippen molar-refractivity contribution < 1.29 is 4.79 Å². The van der Waals surface area contributed by atoms with Crippen LogP contribution in [-0.2, 0) is 17.6 Å². The molecule has 0 radical (unpaired) electrons. The Bertz CT molecular complexity index is 612. The summed E-state index contributed by atoms with van der Waals surface area (Å²) in [5.74, 6) is 4.55. The first-order chi connectivity index (χ1) is 10.7. The van der Waals surface area contributed by atoms with Crippen molar-refractivity contribution in [3.8, 4) is 12.3 Å². The van der Waals surface area contributed by atoms with Crippen LogP contribution >= 0.6 is 0 Å². The van der Waals surface area contributed by atoms with Crippen LogP contribution < -0.4 is 10.2 Å². The van der Waals surface area contributed by atoms with Gasteiger partial charge in [0.2, 0.25) is 5.91 Å². The molecule has 116 valence electrons. The van der Waals surface area contributed by atoms with Gasteiger partial charge in [0, 0.05) is 30.3 Å². The fourth-order valence-electron chi connectivity index (χ4n) is 3.43. The Morgan fingerprint density at radius 1 is 1.36 bits per heavy atom. The topological polar surface area (TPSA) is 58.1 Å². The number of aromatic nitrogens is 2. The van der Waals surface area contributed by atoms with Crippen LogP contribution in [0.5, 0.6) is 0 Å². The zero-order chi connectivity index (χ0) is 15.5. The Morgan fingerprint density at radius 3 is 2.86 bits per heavy atom. The smallest absolute Gasteiger partial charge is 0.223 e. The van der Waals surface area contributed by atoms with E-state index >= 15 is 0 Å². The number of nitrogens with one attached hydrogen (secondary N) is 1. The van der Waals surface area contributed by atoms with E-state index in [1.54, 1.807) is 0 Å². The quantitative estimate of drug-likeness (QED) is 0.853. The van der Waals surface area contributed by atoms with Gasteiger partial charge in [0.1, 0.15) is 11.6 Å². The Balaban J connectivity index is 1.68. The van der Waals surface area contributed by atoms with Crippen molar-refractivity contribution in [1.29, 1.82) is 0 Å². The maximum absolute atomic E-state index is 12.0. The number of aryl methyl sites for hydroxylation is 2. The maximum atomic E-state index is 12.0. The van der Waals surface area contributed by atoms with Crippen LogP contribution in [0, 0.1) is 25.2 Å². The monoisotopic (exact) mass is 298 g/mol. The first kappa shape index (κ1) is 14.8. The third kappa shape index (κ3) is 2.92. The number of amides is 1. The lowest BCUT2D eigenvalue weighted by Crippen LogP contribution is -2.41. The van der Waals surface area contributed by atoms with E-state index in [0.29, 0.717) is 6.54 Å². The van der Waals surface area contributed by atoms with Gasteiger partial charge in [-0.2, -0.15) is 0 Å². The minimum atomic E-state index is 0.0700. The third-order valence-electron chi connectivity index (χ3n) is 4.55. The van der Waals surface area contributed by atoms with Crippen LogP contribution in [0.25, 0.3) is 0 Å². The predicted octanol–water partition coefficient (Wildman–Crippen LogP) is 1.24. The van der Waals surface area contributed by atoms with Gasteiger partial charge in [-0.1, -0.05) is 5.92 Å². The fourth-order valence-corrected chi connectivity index (χ4v) is 3.43. The molecule has 0 spiro atoms. The predicted molar refractivity (Wildman–Crippen MR) is 85.6 cm³/mol. The van der Waals surface area contributed by atoms with Crippen molar-refractivity contribution in [2.45, 2.75) is 39.0 Å². The van der Waals surface area contributed by atoms with Crippen molar-refractivity contribution in [3.05, 3.63) is 17.1 Å². The largest absolute Gasteiger partial charge is 0.356 e. The highest BCUT2D eigenvalue weighted by Gasteiger charge is 2.28. The van der Waals surface area contributed by atoms with Gasteiger partial charge in [0.25, 0.3) is 0 Å². The summed E-state index contributed by atoms with van der Waals surface area (Å²) in [5.41, 5.74) is 2.54. The van der Waals surface area contributed by atoms with Gasteiger partial charge >= 0.3 is 0 Å². The Hall–Kier alpha value is -2.09. The lowest BCUT2D eigenvalue weighted by molar-refractivity contribution is -0.125. The van der Waals surface area contributed by atoms with Crippen LogP contribution in [0.1, 0.15) is 36.3 Å². The second-order valence-corrected chi connectivity index (χ2v) is 6.06. The minimum absolute atomic E-state index is 0.0700. The van der Waals surface area contributed by atoms with Gasteiger partial charge in [0.05, 0.1) is 6.54 Å². The molecule has 0 saturated carbocycles. The van der Waals surface area contributed by atoms with E-state index in [-0.39, 0.29) is 11.8 Å². The average Bonchev–Trinajstić information content (AvgIpc) is 3.00. The van der Waals surface area contributed by atoms with Crippen LogP contribution in [-0.4, -0.2) is 35.5 Å². The van der Waals surface area contributed by atoms with Crippen LogP contribution in [0.15, 0.2) is 0 Å². The number of hydrogen-bond acceptors (Lipinski definition) is 4. The summed E-state index contributed by atoms with van der Waals surface area (Å²) in [6.45, 7) is 4.02. The minimum Gasteiger partial charge on any atom is -0.356 e. The van der Waals surface area contributed by atoms with Crippen LogP contribution in [0.4, 0.5) is 5.82 Å². The summed E-state index contributed by atoms with van der Waals surface area (Å²) in [5, 5.41) is 2.79. The van der Waals surface area contributed by atoms with E-state index < -0.39 is 0 Å². The highest BCUT2D eigenvalue weighted by Crippen LogP contribution is 2.31. The molecular formula is C17H22N4O. The lowest BCUT2D eigenvalue weighted by Gasteiger charge is -2.33. The van der Waals surface area contributed by atoms with Gasteiger partial charge in [-0.05, 0) is 39.0 Å². The number of hydrogen-bond donors (Lipinski definition) is 1. The molecule has 1 saturated heterocycles. The number of anilines is 1. The van der Waals surface area contributed by atoms with Crippen molar-refractivity contribution in [2.24, 2.45) is 5.92 Å². The standard InChI is InChI=1S/C17H22N4O/c1-3-9-18-17(22)13-7-10-21(11-8-13)16-14-5-4-6-15(14)19-12(2)20-16/h1,13H,4-11H2,2H3,(H,18,22). The Labute approximate surface area is 131 Å². The maximum Gasteiger partial charge on any atom is 0.223 e. The summed E-state index contributed by atoms with van der Waals surface area (Å²) < 4.78 is 0. The van der Waals surface area contributed by atoms with E-state index in [1.807, 2.05) is 6.92 Å². The Kier molecular flexibility index (Phi) is 4.28. The van der Waals surface area contributed by atoms with E-state index in [2.05, 4.69) is 26.1 Å². The molecule has 1 fully saturated rings. The molecule has 5 heteroatoms. The van der Waals surface area contributed by atoms with E-state index in [4.69, 9.17) is 6.42 Å². The zero-order valence-electron chi connectivity index (χ0n) is 13.1. The molecule has 1 aromatic rings. The van der Waals surface area contributed by atoms with Gasteiger partial charge in [-0.15, -0.1) is 6.42 Å². The fraction of sp³-hybridized carbons (Fsp3) is 0.588. The van der Waals surface area contributed by atoms with Crippen molar-refractivity contribution >= 4 is 11.7 Å². The van der Waals surface area contributed by atoms with E-state index in [9.17, 15) is 4.79 Å². The van der Waals surface area contributed by atoms with E-state index in [0.717, 1.165) is 50.4 Å². The molecule has 3 rings (SSSR count). The first-order valence-corrected chi connectivity index (χ1v) is 8.01. The molecule has 1 amide bonds. The summed E-state index contributed by atoms with van der Waals surface area (Å²) in [4.78, 5) is 23.6. The molecule has 1 aromatic heterocycles. The zero-order valence-corrected chi connectivity index (χ0v) is 13.1. The van der Waals surface area contributed by atoms with Crippen LogP contribution in [0.3, 0.4) is 0 Å². The van der Waals surface area contributed by atoms with Gasteiger partial charge in [-0.3, -0.25) is 4.79 Å². The van der Waals surface area contributed by atoms with E-state index in [1.165, 1.54) is 17.7 Å². The van der Waals surface area contributed by atoms with Crippen molar-refractivity contribution in [3.63, 3.8) is 0 Å². The third-order valence-corrected chi connectivity index (χ3v) is 4.55. The number of carbonyl (C=O) groups is 1. The molecule has 0 unspecified atom stereocenters. The van der Waals surface area contributed by atoms with Gasteiger partial charge < -0.3 is 10.2 Å². The molecule has 0 bridgehead atoms. The second-order valence-electron chi connectivity index (χ2n) is 6.06. The molecule has 22 heavy (non-hydrogen) atoms. The molecule has 2 heterocycles. The summed E-state index contributed by atoms with van der Waals surface area (Å²) in [6.07, 6.45) is 10.2. The SMILES string of the molecule is C#CCNC(=O)C1CCN(c2nc(C)nc3c2CCC3)CC1. The average molecular weight is 298 g/mol. The number of nitrogens with zero attached hydrogens (tertiary/aromatic N) is 3. The molecule has 2 aliphatic rings. The first-order valence-electron chi connectivity index (χ1n) is 8.01. The summed E-state index contributed by atoms with van der Waals surface area (Å²) in [6, 6.07) is 0. The van der Waals surface area contributed by atoms with Crippen molar-refractivity contribution in [2.75, 3.05) is 24.5 Å².